The lowest BCUT2D eigenvalue weighted by molar-refractivity contribution is 0.0961. The van der Waals surface area contributed by atoms with Crippen LogP contribution in [0.2, 0.25) is 0 Å². The number of nitrogens with zero attached hydrogens (tertiary/aromatic N) is 1. The number of amides is 1. The van der Waals surface area contributed by atoms with Crippen LogP contribution in [0.4, 0.5) is 0 Å². The Morgan fingerprint density at radius 3 is 2.59 bits per heavy atom. The van der Waals surface area contributed by atoms with Crippen molar-refractivity contribution in [1.82, 2.24) is 10.2 Å². The lowest BCUT2D eigenvalue weighted by Gasteiger charge is -2.21. The van der Waals surface area contributed by atoms with Crippen LogP contribution < -0.4 is 5.32 Å². The van der Waals surface area contributed by atoms with Crippen molar-refractivity contribution >= 4 is 28.4 Å². The van der Waals surface area contributed by atoms with Crippen LogP contribution in [0.1, 0.15) is 39.2 Å². The zero-order valence-electron chi connectivity index (χ0n) is 16.9. The molecule has 1 aliphatic heterocycles. The van der Waals surface area contributed by atoms with E-state index in [1.165, 1.54) is 29.7 Å². The van der Waals surface area contributed by atoms with Gasteiger partial charge in [-0.05, 0) is 61.2 Å². The monoisotopic (exact) mass is 406 g/mol. The molecule has 0 spiro atoms. The summed E-state index contributed by atoms with van der Waals surface area (Å²) in [4.78, 5) is 15.3. The highest BCUT2D eigenvalue weighted by atomic mass is 32.1. The average Bonchev–Trinajstić information content (AvgIpc) is 3.28. The third-order valence-corrected chi connectivity index (χ3v) is 6.58. The quantitative estimate of drug-likeness (QED) is 0.779. The number of carbonyl (C=O) groups excluding carboxylic acids is 1. The maximum atomic E-state index is 12.4. The van der Waals surface area contributed by atoms with Crippen LogP contribution in [0, 0.1) is 0 Å². The van der Waals surface area contributed by atoms with Crippen LogP contribution >= 0.6 is 11.3 Å². The van der Waals surface area contributed by atoms with Crippen molar-refractivity contribution in [2.75, 3.05) is 27.2 Å². The Balaban J connectivity index is 1.74. The van der Waals surface area contributed by atoms with E-state index in [-0.39, 0.29) is 17.1 Å². The first-order valence-electron chi connectivity index (χ1n) is 9.82. The van der Waals surface area contributed by atoms with Crippen molar-refractivity contribution in [2.24, 2.45) is 0 Å². The van der Waals surface area contributed by atoms with Crippen LogP contribution in [0.15, 0.2) is 60.2 Å². The number of allylic oxidation sites excluding steroid dienone is 3. The number of aliphatic hydroxyl groups excluding tert-OH is 1. The molecular weight excluding hydrogens is 380 g/mol. The summed E-state index contributed by atoms with van der Waals surface area (Å²) < 4.78 is 0. The maximum absolute atomic E-state index is 12.4. The second-order valence-corrected chi connectivity index (χ2v) is 9.03. The van der Waals surface area contributed by atoms with Crippen molar-refractivity contribution in [3.8, 4) is 0 Å². The van der Waals surface area contributed by atoms with E-state index in [1.54, 1.807) is 12.2 Å². The number of hydrogen-bond donors (Lipinski definition) is 2. The first-order valence-corrected chi connectivity index (χ1v) is 10.7. The summed E-state index contributed by atoms with van der Waals surface area (Å²) in [7, 11) is 4.23. The van der Waals surface area contributed by atoms with Gasteiger partial charge in [0.05, 0.1) is 4.88 Å². The van der Waals surface area contributed by atoms with Gasteiger partial charge in [-0.3, -0.25) is 4.79 Å². The topological polar surface area (TPSA) is 52.6 Å². The van der Waals surface area contributed by atoms with Crippen LogP contribution in [0.3, 0.4) is 0 Å². The molecule has 2 aliphatic rings. The first kappa shape index (κ1) is 19.7. The van der Waals surface area contributed by atoms with Gasteiger partial charge in [-0.15, -0.1) is 11.3 Å². The zero-order valence-corrected chi connectivity index (χ0v) is 17.7. The second kappa shape index (κ2) is 7.65. The largest absolute Gasteiger partial charge is 0.507 e. The Hall–Kier alpha value is -2.63. The lowest BCUT2D eigenvalue weighted by atomic mass is 9.89. The molecule has 4 nitrogen and oxygen atoms in total. The summed E-state index contributed by atoms with van der Waals surface area (Å²) in [5.41, 5.74) is 4.58. The van der Waals surface area contributed by atoms with E-state index in [4.69, 9.17) is 0 Å². The van der Waals surface area contributed by atoms with Crippen molar-refractivity contribution in [1.29, 1.82) is 0 Å². The van der Waals surface area contributed by atoms with Gasteiger partial charge in [-0.2, -0.15) is 0 Å². The number of rotatable bonds is 4. The van der Waals surface area contributed by atoms with Crippen molar-refractivity contribution in [3.63, 3.8) is 0 Å². The summed E-state index contributed by atoms with van der Waals surface area (Å²) in [5.74, 6) is 0.0433. The lowest BCUT2D eigenvalue weighted by Crippen LogP contribution is -2.25. The molecule has 29 heavy (non-hydrogen) atoms. The number of carbonyl (C=O) groups is 1. The number of benzene rings is 1. The third kappa shape index (κ3) is 3.80. The van der Waals surface area contributed by atoms with Crippen LogP contribution in [0.5, 0.6) is 0 Å². The molecule has 1 aromatic heterocycles. The van der Waals surface area contributed by atoms with Crippen molar-refractivity contribution in [2.45, 2.75) is 18.3 Å². The summed E-state index contributed by atoms with van der Waals surface area (Å²) in [5, 5.41) is 15.5. The van der Waals surface area contributed by atoms with Crippen LogP contribution in [-0.2, 0) is 5.41 Å². The predicted octanol–water partition coefficient (Wildman–Crippen LogP) is 4.62. The molecule has 2 N–H and O–H groups in total. The molecule has 1 amide bonds. The summed E-state index contributed by atoms with van der Waals surface area (Å²) in [6.45, 7) is 5.65. The standard InChI is InChI=1S/C24H26N2O2S/c1-16-19-10-14-29-22(19)23(28)25-13-4-5-20(27)21(16)17-6-8-18(9-7-17)24(11-12-24)15-26(2)3/h4-10,14,27H,1,11-13,15H2,2-3H3,(H,25,28)/b5-4-,21-20-. The Bertz CT molecular complexity index is 1010. The highest BCUT2D eigenvalue weighted by molar-refractivity contribution is 7.12. The van der Waals surface area contributed by atoms with Crippen molar-refractivity contribution < 1.29 is 9.90 Å². The Morgan fingerprint density at radius 2 is 1.93 bits per heavy atom. The molecule has 2 heterocycles. The smallest absolute Gasteiger partial charge is 0.262 e. The van der Waals surface area contributed by atoms with Gasteiger partial charge in [0.15, 0.2) is 0 Å². The van der Waals surface area contributed by atoms with E-state index in [0.29, 0.717) is 22.6 Å². The van der Waals surface area contributed by atoms with Gasteiger partial charge >= 0.3 is 0 Å². The summed E-state index contributed by atoms with van der Waals surface area (Å²) >= 11 is 1.39. The van der Waals surface area contributed by atoms with E-state index >= 15 is 0 Å². The molecule has 1 fully saturated rings. The molecule has 2 aromatic rings. The minimum Gasteiger partial charge on any atom is -0.507 e. The van der Waals surface area contributed by atoms with Gasteiger partial charge in [0.2, 0.25) is 0 Å². The van der Waals surface area contributed by atoms with E-state index < -0.39 is 0 Å². The Morgan fingerprint density at radius 1 is 1.21 bits per heavy atom. The van der Waals surface area contributed by atoms with Crippen molar-refractivity contribution in [3.05, 3.63) is 81.8 Å². The second-order valence-electron chi connectivity index (χ2n) is 8.11. The molecule has 0 radical (unpaired) electrons. The minimum absolute atomic E-state index is 0.115. The van der Waals surface area contributed by atoms with Gasteiger partial charge in [0.1, 0.15) is 5.76 Å². The highest BCUT2D eigenvalue weighted by Crippen LogP contribution is 2.49. The third-order valence-electron chi connectivity index (χ3n) is 5.67. The summed E-state index contributed by atoms with van der Waals surface area (Å²) in [6.07, 6.45) is 5.81. The molecule has 0 bridgehead atoms. The van der Waals surface area contributed by atoms with Gasteiger partial charge in [0, 0.05) is 29.6 Å². The molecule has 150 valence electrons. The van der Waals surface area contributed by atoms with E-state index in [9.17, 15) is 9.90 Å². The molecule has 4 rings (SSSR count). The van der Waals surface area contributed by atoms with Gasteiger partial charge < -0.3 is 15.3 Å². The fourth-order valence-corrected chi connectivity index (χ4v) is 4.94. The zero-order chi connectivity index (χ0) is 20.6. The predicted molar refractivity (Wildman–Crippen MR) is 120 cm³/mol. The number of nitrogens with one attached hydrogen (secondary N) is 1. The maximum Gasteiger partial charge on any atom is 0.262 e. The minimum atomic E-state index is -0.115. The first-order chi connectivity index (χ1) is 13.9. The molecule has 5 heteroatoms. The number of thiophene rings is 1. The molecule has 0 unspecified atom stereocenters. The van der Waals surface area contributed by atoms with E-state index in [1.807, 2.05) is 11.4 Å². The molecule has 1 aliphatic carbocycles. The number of aliphatic hydroxyl groups is 1. The molecule has 0 saturated heterocycles. The highest BCUT2D eigenvalue weighted by Gasteiger charge is 2.44. The molecular formula is C24H26N2O2S. The number of likely N-dealkylation sites (N-methyl/N-ethyl adjacent to an activating group) is 1. The summed E-state index contributed by atoms with van der Waals surface area (Å²) in [6, 6.07) is 10.4. The fourth-order valence-electron chi connectivity index (χ4n) is 4.10. The Kier molecular flexibility index (Phi) is 5.19. The van der Waals surface area contributed by atoms with Crippen LogP contribution in [-0.4, -0.2) is 43.1 Å². The van der Waals surface area contributed by atoms with Gasteiger partial charge in [-0.25, -0.2) is 0 Å². The van der Waals surface area contributed by atoms with E-state index in [2.05, 4.69) is 55.2 Å². The fraction of sp³-hybridized carbons (Fsp3) is 0.292. The van der Waals surface area contributed by atoms with E-state index in [0.717, 1.165) is 17.7 Å². The SMILES string of the molecule is C=C1/C(c2ccc(C3(CN(C)C)CC3)cc2)=C(O)\C=C/CNC(=O)c2sccc21. The molecule has 0 atom stereocenters. The van der Waals surface area contributed by atoms with Crippen LogP contribution in [0.25, 0.3) is 11.1 Å². The normalized spacial score (nSPS) is 22.2. The molecule has 1 saturated carbocycles. The average molecular weight is 407 g/mol. The van der Waals surface area contributed by atoms with Gasteiger partial charge in [-0.1, -0.05) is 36.9 Å². The van der Waals surface area contributed by atoms with Gasteiger partial charge in [0.25, 0.3) is 5.91 Å². The number of fused-ring (bicyclic) bond motifs is 1. The molecule has 1 aromatic carbocycles. The Labute approximate surface area is 175 Å². The number of hydrogen-bond acceptors (Lipinski definition) is 4.